The maximum absolute atomic E-state index is 11.5. The molecule has 0 aliphatic heterocycles. The van der Waals surface area contributed by atoms with Crippen LogP contribution < -0.4 is 4.74 Å². The molecule has 0 heterocycles. The van der Waals surface area contributed by atoms with Gasteiger partial charge in [0.15, 0.2) is 6.10 Å². The van der Waals surface area contributed by atoms with Crippen molar-refractivity contribution in [3.8, 4) is 5.75 Å². The molecular weight excluding hydrogens is 268 g/mol. The van der Waals surface area contributed by atoms with Crippen molar-refractivity contribution in [2.75, 3.05) is 13.2 Å². The molecule has 0 saturated carbocycles. The van der Waals surface area contributed by atoms with E-state index in [-0.39, 0.29) is 18.6 Å². The van der Waals surface area contributed by atoms with Crippen molar-refractivity contribution in [2.24, 2.45) is 0 Å². The maximum Gasteiger partial charge on any atom is 0.338 e. The summed E-state index contributed by atoms with van der Waals surface area (Å²) in [6, 6.07) is 7.60. The molecule has 0 aliphatic carbocycles. The molecule has 0 aliphatic rings. The van der Waals surface area contributed by atoms with Gasteiger partial charge in [0.1, 0.15) is 19.0 Å². The van der Waals surface area contributed by atoms with Crippen LogP contribution in [0.25, 0.3) is 0 Å². The number of benzene rings is 1. The monoisotopic (exact) mass is 292 g/mol. The summed E-state index contributed by atoms with van der Waals surface area (Å²) < 4.78 is 10.2. The highest BCUT2D eigenvalue weighted by molar-refractivity contribution is 5.74. The van der Waals surface area contributed by atoms with Crippen LogP contribution in [-0.4, -0.2) is 30.4 Å². The predicted octanol–water partition coefficient (Wildman–Crippen LogP) is 2.84. The SMILES string of the molecule is C=C(C)COC(=O)C(O)COc1ccc(C(C)(C)C)cc1. The summed E-state index contributed by atoms with van der Waals surface area (Å²) in [5.74, 6) is -0.0981. The molecule has 1 atom stereocenters. The van der Waals surface area contributed by atoms with Gasteiger partial charge in [0.25, 0.3) is 0 Å². The van der Waals surface area contributed by atoms with E-state index in [1.165, 1.54) is 5.56 Å². The zero-order valence-corrected chi connectivity index (χ0v) is 13.2. The summed E-state index contributed by atoms with van der Waals surface area (Å²) in [5.41, 5.74) is 1.98. The second-order valence-electron chi connectivity index (χ2n) is 6.17. The topological polar surface area (TPSA) is 55.8 Å². The highest BCUT2D eigenvalue weighted by Gasteiger charge is 2.18. The standard InChI is InChI=1S/C17H24O4/c1-12(2)10-21-16(19)15(18)11-20-14-8-6-13(7-9-14)17(3,4)5/h6-9,15,18H,1,10-11H2,2-5H3. The van der Waals surface area contributed by atoms with Crippen LogP contribution in [0.4, 0.5) is 0 Å². The van der Waals surface area contributed by atoms with Crippen LogP contribution in [-0.2, 0) is 14.9 Å². The zero-order valence-electron chi connectivity index (χ0n) is 13.2. The molecule has 0 fully saturated rings. The molecule has 4 nitrogen and oxygen atoms in total. The Bertz CT molecular complexity index is 483. The minimum Gasteiger partial charge on any atom is -0.490 e. The Morgan fingerprint density at radius 2 is 1.86 bits per heavy atom. The number of aliphatic hydroxyl groups excluding tert-OH is 1. The second-order valence-corrected chi connectivity index (χ2v) is 6.17. The van der Waals surface area contributed by atoms with Crippen molar-refractivity contribution in [1.82, 2.24) is 0 Å². The van der Waals surface area contributed by atoms with Crippen molar-refractivity contribution in [1.29, 1.82) is 0 Å². The summed E-state index contributed by atoms with van der Waals surface area (Å²) in [6.45, 7) is 11.7. The van der Waals surface area contributed by atoms with Gasteiger partial charge in [0.05, 0.1) is 0 Å². The van der Waals surface area contributed by atoms with Gasteiger partial charge in [-0.1, -0.05) is 39.5 Å². The largest absolute Gasteiger partial charge is 0.490 e. The van der Waals surface area contributed by atoms with Crippen LogP contribution in [0.5, 0.6) is 5.75 Å². The van der Waals surface area contributed by atoms with Crippen molar-refractivity contribution in [3.05, 3.63) is 42.0 Å². The molecule has 116 valence electrons. The van der Waals surface area contributed by atoms with Gasteiger partial charge in [0.2, 0.25) is 0 Å². The molecule has 1 aromatic carbocycles. The quantitative estimate of drug-likeness (QED) is 0.647. The average Bonchev–Trinajstić information content (AvgIpc) is 2.41. The Kier molecular flexibility index (Phi) is 5.97. The molecule has 21 heavy (non-hydrogen) atoms. The molecule has 0 radical (unpaired) electrons. The van der Waals surface area contributed by atoms with E-state index in [0.717, 1.165) is 0 Å². The summed E-state index contributed by atoms with van der Waals surface area (Å²) in [5, 5.41) is 9.65. The van der Waals surface area contributed by atoms with Crippen LogP contribution in [0.1, 0.15) is 33.3 Å². The van der Waals surface area contributed by atoms with Crippen molar-refractivity contribution in [3.63, 3.8) is 0 Å². The minimum atomic E-state index is -1.30. The molecule has 1 aromatic rings. The van der Waals surface area contributed by atoms with E-state index < -0.39 is 12.1 Å². The first-order chi connectivity index (χ1) is 9.70. The Labute approximate surface area is 126 Å². The Balaban J connectivity index is 2.48. The minimum absolute atomic E-state index is 0.0738. The van der Waals surface area contributed by atoms with E-state index in [1.807, 2.05) is 24.3 Å². The number of carbonyl (C=O) groups excluding carboxylic acids is 1. The molecule has 0 aromatic heterocycles. The smallest absolute Gasteiger partial charge is 0.338 e. The lowest BCUT2D eigenvalue weighted by Crippen LogP contribution is -2.29. The fourth-order valence-electron chi connectivity index (χ4n) is 1.58. The molecule has 0 bridgehead atoms. The highest BCUT2D eigenvalue weighted by Crippen LogP contribution is 2.24. The highest BCUT2D eigenvalue weighted by atomic mass is 16.6. The molecule has 1 unspecified atom stereocenters. The molecule has 1 N–H and O–H groups in total. The van der Waals surface area contributed by atoms with Gasteiger partial charge in [-0.2, -0.15) is 0 Å². The van der Waals surface area contributed by atoms with Gasteiger partial charge in [-0.3, -0.25) is 0 Å². The Hall–Kier alpha value is -1.81. The van der Waals surface area contributed by atoms with E-state index in [9.17, 15) is 9.90 Å². The summed E-state index contributed by atoms with van der Waals surface area (Å²) >= 11 is 0. The molecular formula is C17H24O4. The first-order valence-electron chi connectivity index (χ1n) is 6.92. The Morgan fingerprint density at radius 3 is 2.33 bits per heavy atom. The fraction of sp³-hybridized carbons (Fsp3) is 0.471. The van der Waals surface area contributed by atoms with Crippen LogP contribution >= 0.6 is 0 Å². The van der Waals surface area contributed by atoms with Crippen molar-refractivity contribution < 1.29 is 19.4 Å². The fourth-order valence-corrected chi connectivity index (χ4v) is 1.58. The number of esters is 1. The van der Waals surface area contributed by atoms with Gasteiger partial charge in [0, 0.05) is 0 Å². The number of aliphatic hydroxyl groups is 1. The third-order valence-corrected chi connectivity index (χ3v) is 2.86. The van der Waals surface area contributed by atoms with Gasteiger partial charge < -0.3 is 14.6 Å². The lowest BCUT2D eigenvalue weighted by Gasteiger charge is -2.19. The van der Waals surface area contributed by atoms with Crippen LogP contribution in [0.15, 0.2) is 36.4 Å². The summed E-state index contributed by atoms with van der Waals surface area (Å²) in [4.78, 5) is 11.5. The Morgan fingerprint density at radius 1 is 1.29 bits per heavy atom. The second kappa shape index (κ2) is 7.27. The van der Waals surface area contributed by atoms with E-state index >= 15 is 0 Å². The third kappa shape index (κ3) is 6.00. The number of rotatable bonds is 6. The number of hydrogen-bond donors (Lipinski definition) is 1. The summed E-state index contributed by atoms with van der Waals surface area (Å²) in [6.07, 6.45) is -1.30. The lowest BCUT2D eigenvalue weighted by molar-refractivity contribution is -0.154. The molecule has 0 amide bonds. The number of hydrogen-bond acceptors (Lipinski definition) is 4. The first kappa shape index (κ1) is 17.2. The van der Waals surface area contributed by atoms with Crippen LogP contribution in [0.2, 0.25) is 0 Å². The first-order valence-corrected chi connectivity index (χ1v) is 6.92. The molecule has 0 spiro atoms. The van der Waals surface area contributed by atoms with E-state index in [1.54, 1.807) is 6.92 Å². The summed E-state index contributed by atoms with van der Waals surface area (Å²) in [7, 11) is 0. The van der Waals surface area contributed by atoms with E-state index in [0.29, 0.717) is 11.3 Å². The molecule has 1 rings (SSSR count). The molecule has 0 saturated heterocycles. The maximum atomic E-state index is 11.5. The van der Waals surface area contributed by atoms with Gasteiger partial charge >= 0.3 is 5.97 Å². The van der Waals surface area contributed by atoms with Crippen LogP contribution in [0, 0.1) is 0 Å². The van der Waals surface area contributed by atoms with E-state index in [4.69, 9.17) is 9.47 Å². The zero-order chi connectivity index (χ0) is 16.0. The van der Waals surface area contributed by atoms with Crippen molar-refractivity contribution in [2.45, 2.75) is 39.2 Å². The van der Waals surface area contributed by atoms with Gasteiger partial charge in [-0.05, 0) is 35.6 Å². The average molecular weight is 292 g/mol. The van der Waals surface area contributed by atoms with Crippen molar-refractivity contribution >= 4 is 5.97 Å². The predicted molar refractivity (Wildman–Crippen MR) is 82.4 cm³/mol. The molecule has 4 heteroatoms. The lowest BCUT2D eigenvalue weighted by atomic mass is 9.87. The van der Waals surface area contributed by atoms with E-state index in [2.05, 4.69) is 27.4 Å². The van der Waals surface area contributed by atoms with Gasteiger partial charge in [-0.25, -0.2) is 4.79 Å². The van der Waals surface area contributed by atoms with Crippen LogP contribution in [0.3, 0.4) is 0 Å². The number of carbonyl (C=O) groups is 1. The van der Waals surface area contributed by atoms with Gasteiger partial charge in [-0.15, -0.1) is 0 Å². The normalized spacial score (nSPS) is 12.6. The number of ether oxygens (including phenoxy) is 2. The third-order valence-electron chi connectivity index (χ3n) is 2.86.